The zero-order valence-corrected chi connectivity index (χ0v) is 8.53. The highest BCUT2D eigenvalue weighted by atomic mass is 35.5. The van der Waals surface area contributed by atoms with Gasteiger partial charge in [0.25, 0.3) is 0 Å². The fourth-order valence-electron chi connectivity index (χ4n) is 0.832. The second kappa shape index (κ2) is 3.98. The Morgan fingerprint density at radius 2 is 1.86 bits per heavy atom. The van der Waals surface area contributed by atoms with Crippen LogP contribution in [-0.2, 0) is 0 Å². The highest BCUT2D eigenvalue weighted by molar-refractivity contribution is 8.00. The third-order valence-corrected chi connectivity index (χ3v) is 2.70. The van der Waals surface area contributed by atoms with Gasteiger partial charge in [-0.2, -0.15) is 13.2 Å². The summed E-state index contributed by atoms with van der Waals surface area (Å²) in [6.45, 7) is 1.52. The van der Waals surface area contributed by atoms with Crippen LogP contribution in [0.15, 0.2) is 17.0 Å². The molecule has 0 spiro atoms. The number of thioether (sulfide) groups is 1. The van der Waals surface area contributed by atoms with Crippen LogP contribution in [-0.4, -0.2) is 5.51 Å². The maximum Gasteiger partial charge on any atom is 0.446 e. The Morgan fingerprint density at radius 1 is 1.29 bits per heavy atom. The Balaban J connectivity index is 3.06. The van der Waals surface area contributed by atoms with Gasteiger partial charge >= 0.3 is 5.51 Å². The van der Waals surface area contributed by atoms with E-state index in [1.54, 1.807) is 0 Å². The lowest BCUT2D eigenvalue weighted by molar-refractivity contribution is -0.0329. The van der Waals surface area contributed by atoms with Gasteiger partial charge in [0.1, 0.15) is 0 Å². The third-order valence-electron chi connectivity index (χ3n) is 1.47. The van der Waals surface area contributed by atoms with E-state index in [0.717, 1.165) is 6.07 Å². The molecule has 0 N–H and O–H groups in total. The van der Waals surface area contributed by atoms with E-state index < -0.39 is 28.0 Å². The molecule has 1 rings (SSSR count). The van der Waals surface area contributed by atoms with E-state index in [-0.39, 0.29) is 5.02 Å². The van der Waals surface area contributed by atoms with Gasteiger partial charge in [0, 0.05) is 0 Å². The van der Waals surface area contributed by atoms with Crippen LogP contribution < -0.4 is 0 Å². The van der Waals surface area contributed by atoms with Crippen LogP contribution in [0.4, 0.5) is 17.6 Å². The molecule has 0 atom stereocenters. The van der Waals surface area contributed by atoms with Gasteiger partial charge in [-0.15, -0.1) is 0 Å². The van der Waals surface area contributed by atoms with Gasteiger partial charge in [0.2, 0.25) is 0 Å². The molecule has 0 saturated heterocycles. The monoisotopic (exact) mass is 244 g/mol. The Hall–Kier alpha value is -0.420. The second-order valence-electron chi connectivity index (χ2n) is 2.56. The molecule has 0 aliphatic rings. The number of hydrogen-bond acceptors (Lipinski definition) is 1. The lowest BCUT2D eigenvalue weighted by Crippen LogP contribution is -2.00. The molecule has 0 aliphatic heterocycles. The summed E-state index contributed by atoms with van der Waals surface area (Å²) in [5, 5.41) is -0.265. The van der Waals surface area contributed by atoms with Crippen LogP contribution in [0.3, 0.4) is 0 Å². The van der Waals surface area contributed by atoms with Crippen molar-refractivity contribution >= 4 is 23.4 Å². The molecule has 0 aliphatic carbocycles. The van der Waals surface area contributed by atoms with Gasteiger partial charge in [0.05, 0.1) is 9.92 Å². The van der Waals surface area contributed by atoms with Crippen molar-refractivity contribution in [1.29, 1.82) is 0 Å². The smallest absolute Gasteiger partial charge is 0.204 e. The molecule has 0 radical (unpaired) electrons. The van der Waals surface area contributed by atoms with Gasteiger partial charge in [-0.05, 0) is 30.3 Å². The van der Waals surface area contributed by atoms with Gasteiger partial charge < -0.3 is 0 Å². The first-order valence-corrected chi connectivity index (χ1v) is 4.71. The summed E-state index contributed by atoms with van der Waals surface area (Å²) in [7, 11) is 0. The van der Waals surface area contributed by atoms with E-state index in [2.05, 4.69) is 0 Å². The SMILES string of the molecule is Cc1ccc(SC(F)(F)F)c(F)c1Cl. The zero-order chi connectivity index (χ0) is 10.9. The fourth-order valence-corrected chi connectivity index (χ4v) is 1.63. The van der Waals surface area contributed by atoms with Crippen LogP contribution in [0.1, 0.15) is 5.56 Å². The van der Waals surface area contributed by atoms with Crippen LogP contribution in [0, 0.1) is 12.7 Å². The molecule has 14 heavy (non-hydrogen) atoms. The average molecular weight is 245 g/mol. The minimum atomic E-state index is -4.50. The fraction of sp³-hybridized carbons (Fsp3) is 0.250. The molecule has 0 bridgehead atoms. The quantitative estimate of drug-likeness (QED) is 0.521. The molecule has 78 valence electrons. The number of alkyl halides is 3. The van der Waals surface area contributed by atoms with Gasteiger partial charge in [-0.3, -0.25) is 0 Å². The number of rotatable bonds is 1. The van der Waals surface area contributed by atoms with Crippen molar-refractivity contribution in [2.24, 2.45) is 0 Å². The molecule has 0 nitrogen and oxygen atoms in total. The first-order chi connectivity index (χ1) is 6.31. The minimum absolute atomic E-state index is 0.265. The van der Waals surface area contributed by atoms with Gasteiger partial charge in [0.15, 0.2) is 5.82 Å². The number of benzene rings is 1. The lowest BCUT2D eigenvalue weighted by atomic mass is 10.2. The summed E-state index contributed by atoms with van der Waals surface area (Å²) in [5.41, 5.74) is -4.09. The highest BCUT2D eigenvalue weighted by Gasteiger charge is 2.31. The lowest BCUT2D eigenvalue weighted by Gasteiger charge is -2.08. The van der Waals surface area contributed by atoms with Crippen molar-refractivity contribution in [1.82, 2.24) is 0 Å². The Morgan fingerprint density at radius 3 is 2.36 bits per heavy atom. The van der Waals surface area contributed by atoms with Crippen molar-refractivity contribution in [3.63, 3.8) is 0 Å². The van der Waals surface area contributed by atoms with Crippen molar-refractivity contribution in [2.75, 3.05) is 0 Å². The molecule has 1 aromatic carbocycles. The predicted octanol–water partition coefficient (Wildman–Crippen LogP) is 4.40. The summed E-state index contributed by atoms with van der Waals surface area (Å²) in [6, 6.07) is 2.41. The van der Waals surface area contributed by atoms with E-state index in [4.69, 9.17) is 11.6 Å². The summed E-state index contributed by atoms with van der Waals surface area (Å²) in [6.07, 6.45) is 0. The maximum absolute atomic E-state index is 13.1. The summed E-state index contributed by atoms with van der Waals surface area (Å²) < 4.78 is 48.9. The van der Waals surface area contributed by atoms with Gasteiger partial charge in [-0.1, -0.05) is 17.7 Å². The van der Waals surface area contributed by atoms with Crippen molar-refractivity contribution < 1.29 is 17.6 Å². The average Bonchev–Trinajstić information content (AvgIpc) is 2.04. The first kappa shape index (κ1) is 11.7. The van der Waals surface area contributed by atoms with Gasteiger partial charge in [-0.25, -0.2) is 4.39 Å². The van der Waals surface area contributed by atoms with E-state index in [0.29, 0.717) is 5.56 Å². The Labute approximate surface area is 87.2 Å². The number of halogens is 5. The molecule has 0 unspecified atom stereocenters. The Kier molecular flexibility index (Phi) is 3.32. The van der Waals surface area contributed by atoms with Crippen LogP contribution in [0.2, 0.25) is 5.02 Å². The summed E-state index contributed by atoms with van der Waals surface area (Å²) >= 11 is 4.95. The topological polar surface area (TPSA) is 0 Å². The van der Waals surface area contributed by atoms with Crippen LogP contribution in [0.25, 0.3) is 0 Å². The standard InChI is InChI=1S/C8H5ClF4S/c1-4-2-3-5(7(10)6(4)9)14-8(11,12)13/h2-3H,1H3. The van der Waals surface area contributed by atoms with E-state index in [1.807, 2.05) is 0 Å². The maximum atomic E-state index is 13.1. The second-order valence-corrected chi connectivity index (χ2v) is 4.04. The number of aryl methyl sites for hydroxylation is 1. The summed E-state index contributed by atoms with van der Waals surface area (Å²) in [4.78, 5) is -0.506. The largest absolute Gasteiger partial charge is 0.446 e. The molecular weight excluding hydrogens is 240 g/mol. The number of hydrogen-bond donors (Lipinski definition) is 0. The van der Waals surface area contributed by atoms with E-state index in [1.165, 1.54) is 13.0 Å². The third kappa shape index (κ3) is 2.78. The predicted molar refractivity (Wildman–Crippen MR) is 48.1 cm³/mol. The van der Waals surface area contributed by atoms with Crippen LogP contribution >= 0.6 is 23.4 Å². The van der Waals surface area contributed by atoms with E-state index in [9.17, 15) is 17.6 Å². The molecule has 0 heterocycles. The molecule has 6 heteroatoms. The minimum Gasteiger partial charge on any atom is -0.204 e. The molecule has 0 amide bonds. The van der Waals surface area contributed by atoms with Crippen molar-refractivity contribution in [2.45, 2.75) is 17.3 Å². The normalized spacial score (nSPS) is 11.9. The molecule has 0 saturated carbocycles. The molecule has 1 aromatic rings. The summed E-state index contributed by atoms with van der Waals surface area (Å²) in [5.74, 6) is -1.02. The van der Waals surface area contributed by atoms with E-state index >= 15 is 0 Å². The first-order valence-electron chi connectivity index (χ1n) is 3.51. The van der Waals surface area contributed by atoms with Crippen LogP contribution in [0.5, 0.6) is 0 Å². The Bertz CT molecular complexity index is 348. The molecule has 0 aromatic heterocycles. The van der Waals surface area contributed by atoms with Crippen molar-refractivity contribution in [3.8, 4) is 0 Å². The molecular formula is C8H5ClF4S. The van der Waals surface area contributed by atoms with Crippen molar-refractivity contribution in [3.05, 3.63) is 28.5 Å². The highest BCUT2D eigenvalue weighted by Crippen LogP contribution is 2.40. The zero-order valence-electron chi connectivity index (χ0n) is 6.95. The molecule has 0 fully saturated rings.